The van der Waals surface area contributed by atoms with Gasteiger partial charge in [0.1, 0.15) is 0 Å². The lowest BCUT2D eigenvalue weighted by Gasteiger charge is -2.26. The molecule has 33 heavy (non-hydrogen) atoms. The molecule has 10 heteroatoms. The highest BCUT2D eigenvalue weighted by Crippen LogP contribution is 2.35. The number of rotatable bonds is 3. The summed E-state index contributed by atoms with van der Waals surface area (Å²) in [6.45, 7) is 5.33. The quantitative estimate of drug-likeness (QED) is 0.483. The van der Waals surface area contributed by atoms with Crippen LogP contribution in [0.1, 0.15) is 33.6 Å². The topological polar surface area (TPSA) is 118 Å². The number of amides is 3. The van der Waals surface area contributed by atoms with Crippen LogP contribution in [0.2, 0.25) is 0 Å². The first kappa shape index (κ1) is 22.3. The third kappa shape index (κ3) is 4.64. The fourth-order valence-electron chi connectivity index (χ4n) is 4.16. The molecular weight excluding hydrogens is 422 g/mol. The lowest BCUT2D eigenvalue weighted by Crippen LogP contribution is -2.37. The molecule has 0 bridgehead atoms. The average molecular weight is 450 g/mol. The lowest BCUT2D eigenvalue weighted by molar-refractivity contribution is -0.118. The molecule has 172 valence electrons. The lowest BCUT2D eigenvalue weighted by atomic mass is 10.1. The van der Waals surface area contributed by atoms with Gasteiger partial charge in [0.15, 0.2) is 0 Å². The minimum atomic E-state index is -0.235. The van der Waals surface area contributed by atoms with E-state index in [2.05, 4.69) is 26.4 Å². The van der Waals surface area contributed by atoms with Crippen LogP contribution >= 0.6 is 0 Å². The van der Waals surface area contributed by atoms with Crippen LogP contribution in [-0.4, -0.2) is 36.9 Å². The van der Waals surface area contributed by atoms with Crippen LogP contribution in [0, 0.1) is 0 Å². The summed E-state index contributed by atoms with van der Waals surface area (Å²) >= 11 is 0. The minimum absolute atomic E-state index is 0.0165. The van der Waals surface area contributed by atoms with E-state index in [1.165, 1.54) is 6.92 Å². The molecule has 0 radical (unpaired) electrons. The molecule has 4 rings (SSSR count). The maximum absolute atomic E-state index is 12.2. The van der Waals surface area contributed by atoms with Gasteiger partial charge in [-0.15, -0.1) is 5.11 Å². The van der Waals surface area contributed by atoms with Gasteiger partial charge in [-0.05, 0) is 50.2 Å². The summed E-state index contributed by atoms with van der Waals surface area (Å²) in [6.07, 6.45) is 0.640. The minimum Gasteiger partial charge on any atom is -0.370 e. The molecule has 2 aromatic carbocycles. The molecule has 0 saturated carbocycles. The third-order valence-electron chi connectivity index (χ3n) is 5.91. The largest absolute Gasteiger partial charge is 0.370 e. The van der Waals surface area contributed by atoms with Crippen LogP contribution in [0.25, 0.3) is 0 Å². The van der Waals surface area contributed by atoms with Crippen LogP contribution in [0.5, 0.6) is 0 Å². The molecule has 0 saturated heterocycles. The Bertz CT molecular complexity index is 1150. The molecule has 10 nitrogen and oxygen atoms in total. The zero-order valence-electron chi connectivity index (χ0n) is 19.0. The van der Waals surface area contributed by atoms with Gasteiger partial charge in [0, 0.05) is 38.9 Å². The van der Waals surface area contributed by atoms with Crippen LogP contribution in [0.15, 0.2) is 46.7 Å². The van der Waals surface area contributed by atoms with E-state index in [1.807, 2.05) is 37.9 Å². The zero-order valence-corrected chi connectivity index (χ0v) is 19.0. The number of carbonyl (C=O) groups is 3. The van der Waals surface area contributed by atoms with E-state index in [-0.39, 0.29) is 36.2 Å². The Morgan fingerprint density at radius 2 is 1.67 bits per heavy atom. The van der Waals surface area contributed by atoms with Crippen molar-refractivity contribution in [3.8, 4) is 0 Å². The predicted molar refractivity (Wildman–Crippen MR) is 128 cm³/mol. The van der Waals surface area contributed by atoms with Gasteiger partial charge in [0.25, 0.3) is 0 Å². The Morgan fingerprint density at radius 3 is 2.39 bits per heavy atom. The molecule has 2 heterocycles. The van der Waals surface area contributed by atoms with Crippen LogP contribution in [-0.2, 0) is 14.4 Å². The molecule has 3 amide bonds. The van der Waals surface area contributed by atoms with Gasteiger partial charge < -0.3 is 20.4 Å². The van der Waals surface area contributed by atoms with Crippen LogP contribution in [0.4, 0.5) is 34.1 Å². The second-order valence-corrected chi connectivity index (χ2v) is 8.45. The number of fused-ring (bicyclic) bond motifs is 2. The number of carbonyl (C=O) groups excluding carboxylic acids is 3. The molecule has 0 fully saturated rings. The van der Waals surface area contributed by atoms with Gasteiger partial charge in [0.05, 0.1) is 34.1 Å². The maximum atomic E-state index is 12.2. The zero-order chi connectivity index (χ0) is 23.7. The molecule has 2 aliphatic rings. The molecule has 0 unspecified atom stereocenters. The molecule has 0 spiro atoms. The number of benzene rings is 2. The van der Waals surface area contributed by atoms with Gasteiger partial charge in [-0.2, -0.15) is 0 Å². The fraction of sp³-hybridized carbons (Fsp3) is 0.348. The van der Waals surface area contributed by atoms with Crippen molar-refractivity contribution in [1.29, 1.82) is 0 Å². The van der Waals surface area contributed by atoms with E-state index in [9.17, 15) is 14.4 Å². The SMILES string of the molecule is CC(=O)N1c2ccc(NN=Nc3ccc4c(c3)N(C)[C@H](C)CC(=O)N4)cc2NC(=O)C[C@@H]1C. The summed E-state index contributed by atoms with van der Waals surface area (Å²) in [5.41, 5.74) is 6.91. The highest BCUT2D eigenvalue weighted by molar-refractivity contribution is 6.04. The average Bonchev–Trinajstić information content (AvgIpc) is 2.94. The summed E-state index contributed by atoms with van der Waals surface area (Å²) in [5, 5.41) is 14.1. The highest BCUT2D eigenvalue weighted by atomic mass is 16.2. The van der Waals surface area contributed by atoms with Crippen LogP contribution in [0.3, 0.4) is 0 Å². The second kappa shape index (κ2) is 8.89. The monoisotopic (exact) mass is 449 g/mol. The highest BCUT2D eigenvalue weighted by Gasteiger charge is 2.28. The van der Waals surface area contributed by atoms with Crippen molar-refractivity contribution in [2.75, 3.05) is 32.9 Å². The maximum Gasteiger partial charge on any atom is 0.226 e. The van der Waals surface area contributed by atoms with E-state index in [4.69, 9.17) is 0 Å². The van der Waals surface area contributed by atoms with Crippen molar-refractivity contribution in [2.45, 2.75) is 45.7 Å². The Balaban J connectivity index is 1.54. The standard InChI is InChI=1S/C23H27N7O3/c1-13-9-22(32)24-18-7-5-17(12-21(18)29(13)4)27-28-26-16-6-8-20-19(11-16)25-23(33)10-14(2)30(20)15(3)31/h5-8,11-14H,9-10H2,1-4H3,(H,24,32)(H,25,33)(H,26,27)/t13-,14+/m1/s1. The fourth-order valence-corrected chi connectivity index (χ4v) is 4.16. The molecule has 2 atom stereocenters. The molecule has 0 aliphatic carbocycles. The van der Waals surface area contributed by atoms with Crippen molar-refractivity contribution in [2.24, 2.45) is 10.3 Å². The molecule has 3 N–H and O–H groups in total. The van der Waals surface area contributed by atoms with E-state index in [0.29, 0.717) is 29.2 Å². The Labute approximate surface area is 192 Å². The number of nitrogens with zero attached hydrogens (tertiary/aromatic N) is 4. The van der Waals surface area contributed by atoms with Crippen molar-refractivity contribution >= 4 is 51.8 Å². The van der Waals surface area contributed by atoms with Gasteiger partial charge in [-0.3, -0.25) is 19.8 Å². The van der Waals surface area contributed by atoms with E-state index in [0.717, 1.165) is 11.4 Å². The molecule has 2 aromatic rings. The number of nitrogens with one attached hydrogen (secondary N) is 3. The summed E-state index contributed by atoms with van der Waals surface area (Å²) in [7, 11) is 1.94. The van der Waals surface area contributed by atoms with Gasteiger partial charge in [-0.1, -0.05) is 5.22 Å². The summed E-state index contributed by atoms with van der Waals surface area (Å²) in [6, 6.07) is 10.6. The first-order valence-electron chi connectivity index (χ1n) is 10.8. The van der Waals surface area contributed by atoms with Crippen molar-refractivity contribution in [1.82, 2.24) is 0 Å². The van der Waals surface area contributed by atoms with Gasteiger partial charge in [0.2, 0.25) is 17.7 Å². The third-order valence-corrected chi connectivity index (χ3v) is 5.91. The van der Waals surface area contributed by atoms with E-state index >= 15 is 0 Å². The number of hydrogen-bond donors (Lipinski definition) is 3. The summed E-state index contributed by atoms with van der Waals surface area (Å²) < 4.78 is 0. The number of anilines is 5. The van der Waals surface area contributed by atoms with Gasteiger partial charge in [-0.25, -0.2) is 0 Å². The first-order chi connectivity index (χ1) is 15.7. The predicted octanol–water partition coefficient (Wildman–Crippen LogP) is 4.05. The Kier molecular flexibility index (Phi) is 5.99. The first-order valence-corrected chi connectivity index (χ1v) is 10.8. The van der Waals surface area contributed by atoms with E-state index in [1.54, 1.807) is 29.2 Å². The molecule has 2 aliphatic heterocycles. The molecular formula is C23H27N7O3. The Hall–Kier alpha value is -3.95. The second-order valence-electron chi connectivity index (χ2n) is 8.45. The number of hydrogen-bond acceptors (Lipinski definition) is 6. The molecule has 0 aromatic heterocycles. The smallest absolute Gasteiger partial charge is 0.226 e. The summed E-state index contributed by atoms with van der Waals surface area (Å²) in [5.74, 6) is -0.293. The van der Waals surface area contributed by atoms with Crippen molar-refractivity contribution in [3.63, 3.8) is 0 Å². The van der Waals surface area contributed by atoms with Crippen molar-refractivity contribution < 1.29 is 14.4 Å². The van der Waals surface area contributed by atoms with Crippen LogP contribution < -0.4 is 25.9 Å². The van der Waals surface area contributed by atoms with Crippen molar-refractivity contribution in [3.05, 3.63) is 36.4 Å². The summed E-state index contributed by atoms with van der Waals surface area (Å²) in [4.78, 5) is 40.0. The van der Waals surface area contributed by atoms with E-state index < -0.39 is 0 Å². The van der Waals surface area contributed by atoms with Gasteiger partial charge >= 0.3 is 0 Å². The Morgan fingerprint density at radius 1 is 0.970 bits per heavy atom. The normalized spacial score (nSPS) is 20.4.